The van der Waals surface area contributed by atoms with Crippen molar-refractivity contribution in [3.63, 3.8) is 0 Å². The van der Waals surface area contributed by atoms with E-state index in [1.54, 1.807) is 10.6 Å². The zero-order valence-corrected chi connectivity index (χ0v) is 11.2. The fourth-order valence-corrected chi connectivity index (χ4v) is 2.36. The molecule has 1 fully saturated rings. The molecule has 1 saturated heterocycles. The van der Waals surface area contributed by atoms with E-state index in [2.05, 4.69) is 19.2 Å². The highest BCUT2D eigenvalue weighted by molar-refractivity contribution is 5.41. The molecule has 100 valence electrons. The Morgan fingerprint density at radius 2 is 2.39 bits per heavy atom. The molecule has 1 aromatic heterocycles. The number of hydrogen-bond donors (Lipinski definition) is 1. The average Bonchev–Trinajstić information content (AvgIpc) is 2.87. The van der Waals surface area contributed by atoms with Gasteiger partial charge in [-0.25, -0.2) is 0 Å². The Hall–Kier alpha value is -1.29. The maximum Gasteiger partial charge on any atom is 0.250 e. The predicted octanol–water partition coefficient (Wildman–Crippen LogP) is 2.10. The first-order chi connectivity index (χ1) is 8.70. The molecule has 2 rings (SSSR count). The van der Waals surface area contributed by atoms with Crippen LogP contribution in [-0.2, 0) is 11.3 Å². The van der Waals surface area contributed by atoms with Gasteiger partial charge in [-0.3, -0.25) is 4.79 Å². The van der Waals surface area contributed by atoms with Gasteiger partial charge < -0.3 is 14.6 Å². The summed E-state index contributed by atoms with van der Waals surface area (Å²) in [5.74, 6) is 0.566. The predicted molar refractivity (Wildman–Crippen MR) is 73.0 cm³/mol. The van der Waals surface area contributed by atoms with Gasteiger partial charge in [0.15, 0.2) is 0 Å². The molecule has 0 spiro atoms. The fraction of sp³-hybridized carbons (Fsp3) is 0.643. The van der Waals surface area contributed by atoms with Gasteiger partial charge in [0.25, 0.3) is 5.56 Å². The molecule has 4 nitrogen and oxygen atoms in total. The third kappa shape index (κ3) is 3.13. The summed E-state index contributed by atoms with van der Waals surface area (Å²) in [5, 5.41) is 3.47. The van der Waals surface area contributed by atoms with E-state index in [1.807, 2.05) is 12.3 Å². The normalized spacial score (nSPS) is 20.9. The van der Waals surface area contributed by atoms with Crippen molar-refractivity contribution in [3.05, 3.63) is 28.7 Å². The molecule has 0 aliphatic carbocycles. The zero-order valence-electron chi connectivity index (χ0n) is 11.2. The quantitative estimate of drug-likeness (QED) is 0.870. The third-order valence-corrected chi connectivity index (χ3v) is 3.51. The van der Waals surface area contributed by atoms with Crippen LogP contribution in [-0.4, -0.2) is 23.8 Å². The summed E-state index contributed by atoms with van der Waals surface area (Å²) in [7, 11) is 0. The molecule has 2 atom stereocenters. The van der Waals surface area contributed by atoms with Crippen LogP contribution in [0, 0.1) is 5.92 Å². The van der Waals surface area contributed by atoms with Crippen molar-refractivity contribution in [2.24, 2.45) is 5.92 Å². The molecule has 2 unspecified atom stereocenters. The first-order valence-electron chi connectivity index (χ1n) is 6.75. The van der Waals surface area contributed by atoms with Crippen LogP contribution >= 0.6 is 0 Å². The third-order valence-electron chi connectivity index (χ3n) is 3.51. The number of aryl methyl sites for hydroxylation is 1. The molecule has 0 radical (unpaired) electrons. The Morgan fingerprint density at radius 3 is 3.06 bits per heavy atom. The SMILES string of the molecule is CCCn1cc(NC(C)C2CCOC2)ccc1=O. The standard InChI is InChI=1S/C14H22N2O2/c1-3-7-16-9-13(4-5-14(16)17)15-11(2)12-6-8-18-10-12/h4-5,9,11-12,15H,3,6-8,10H2,1-2H3. The number of nitrogens with zero attached hydrogens (tertiary/aromatic N) is 1. The Morgan fingerprint density at radius 1 is 1.56 bits per heavy atom. The van der Waals surface area contributed by atoms with Gasteiger partial charge in [-0.1, -0.05) is 6.92 Å². The average molecular weight is 250 g/mol. The van der Waals surface area contributed by atoms with Gasteiger partial charge in [0.05, 0.1) is 12.3 Å². The summed E-state index contributed by atoms with van der Waals surface area (Å²) in [6.45, 7) is 6.73. The molecule has 4 heteroatoms. The second kappa shape index (κ2) is 6.05. The largest absolute Gasteiger partial charge is 0.381 e. The molecule has 1 aromatic rings. The van der Waals surface area contributed by atoms with Crippen molar-refractivity contribution < 1.29 is 4.74 Å². The molecule has 1 aliphatic heterocycles. The van der Waals surface area contributed by atoms with Crippen molar-refractivity contribution >= 4 is 5.69 Å². The molecule has 1 aliphatic rings. The van der Waals surface area contributed by atoms with Crippen LogP contribution in [0.2, 0.25) is 0 Å². The molecule has 0 bridgehead atoms. The Labute approximate surface area is 108 Å². The summed E-state index contributed by atoms with van der Waals surface area (Å²) >= 11 is 0. The number of ether oxygens (including phenoxy) is 1. The van der Waals surface area contributed by atoms with Crippen LogP contribution in [0.5, 0.6) is 0 Å². The van der Waals surface area contributed by atoms with Crippen molar-refractivity contribution in [2.75, 3.05) is 18.5 Å². The number of nitrogens with one attached hydrogen (secondary N) is 1. The minimum atomic E-state index is 0.0688. The van der Waals surface area contributed by atoms with Gasteiger partial charge >= 0.3 is 0 Å². The molecule has 0 amide bonds. The minimum Gasteiger partial charge on any atom is -0.381 e. The van der Waals surface area contributed by atoms with Crippen LogP contribution < -0.4 is 10.9 Å². The second-order valence-electron chi connectivity index (χ2n) is 5.01. The zero-order chi connectivity index (χ0) is 13.0. The lowest BCUT2D eigenvalue weighted by Gasteiger charge is -2.21. The van der Waals surface area contributed by atoms with Crippen LogP contribution in [0.15, 0.2) is 23.1 Å². The lowest BCUT2D eigenvalue weighted by molar-refractivity contribution is 0.183. The van der Waals surface area contributed by atoms with E-state index >= 15 is 0 Å². The van der Waals surface area contributed by atoms with E-state index in [0.29, 0.717) is 12.0 Å². The molecular formula is C14H22N2O2. The summed E-state index contributed by atoms with van der Waals surface area (Å²) in [4.78, 5) is 11.6. The molecule has 0 saturated carbocycles. The van der Waals surface area contributed by atoms with Crippen LogP contribution in [0.3, 0.4) is 0 Å². The van der Waals surface area contributed by atoms with Gasteiger partial charge in [0, 0.05) is 37.4 Å². The van der Waals surface area contributed by atoms with E-state index in [4.69, 9.17) is 4.74 Å². The number of pyridine rings is 1. The second-order valence-corrected chi connectivity index (χ2v) is 5.01. The van der Waals surface area contributed by atoms with Gasteiger partial charge in [0.2, 0.25) is 0 Å². The Balaban J connectivity index is 2.04. The fourth-order valence-electron chi connectivity index (χ4n) is 2.36. The molecular weight excluding hydrogens is 228 g/mol. The van der Waals surface area contributed by atoms with Gasteiger partial charge in [-0.05, 0) is 25.8 Å². The van der Waals surface area contributed by atoms with Crippen molar-refractivity contribution in [1.29, 1.82) is 0 Å². The Kier molecular flexibility index (Phi) is 4.42. The lowest BCUT2D eigenvalue weighted by Crippen LogP contribution is -2.27. The number of aromatic nitrogens is 1. The van der Waals surface area contributed by atoms with Gasteiger partial charge in [-0.15, -0.1) is 0 Å². The maximum absolute atomic E-state index is 11.6. The van der Waals surface area contributed by atoms with Crippen LogP contribution in [0.1, 0.15) is 26.7 Å². The maximum atomic E-state index is 11.6. The number of anilines is 1. The van der Waals surface area contributed by atoms with E-state index in [9.17, 15) is 4.79 Å². The van der Waals surface area contributed by atoms with Gasteiger partial charge in [-0.2, -0.15) is 0 Å². The monoisotopic (exact) mass is 250 g/mol. The van der Waals surface area contributed by atoms with E-state index in [-0.39, 0.29) is 5.56 Å². The molecule has 0 aromatic carbocycles. The molecule has 18 heavy (non-hydrogen) atoms. The highest BCUT2D eigenvalue weighted by Crippen LogP contribution is 2.19. The number of rotatable bonds is 5. The van der Waals surface area contributed by atoms with E-state index < -0.39 is 0 Å². The smallest absolute Gasteiger partial charge is 0.250 e. The first kappa shape index (κ1) is 13.1. The molecule has 1 N–H and O–H groups in total. The van der Waals surface area contributed by atoms with Crippen molar-refractivity contribution in [3.8, 4) is 0 Å². The van der Waals surface area contributed by atoms with Crippen LogP contribution in [0.4, 0.5) is 5.69 Å². The highest BCUT2D eigenvalue weighted by atomic mass is 16.5. The van der Waals surface area contributed by atoms with E-state index in [0.717, 1.165) is 38.3 Å². The Bertz CT molecular complexity index is 436. The molecule has 2 heterocycles. The lowest BCUT2D eigenvalue weighted by atomic mass is 10.0. The highest BCUT2D eigenvalue weighted by Gasteiger charge is 2.22. The number of hydrogen-bond acceptors (Lipinski definition) is 3. The summed E-state index contributed by atoms with van der Waals surface area (Å²) in [6, 6.07) is 3.87. The van der Waals surface area contributed by atoms with Crippen LogP contribution in [0.25, 0.3) is 0 Å². The summed E-state index contributed by atoms with van der Waals surface area (Å²) in [5.41, 5.74) is 1.08. The van der Waals surface area contributed by atoms with Crippen molar-refractivity contribution in [1.82, 2.24) is 4.57 Å². The topological polar surface area (TPSA) is 43.3 Å². The minimum absolute atomic E-state index is 0.0688. The van der Waals surface area contributed by atoms with E-state index in [1.165, 1.54) is 0 Å². The van der Waals surface area contributed by atoms with Gasteiger partial charge in [0.1, 0.15) is 0 Å². The first-order valence-corrected chi connectivity index (χ1v) is 6.75. The van der Waals surface area contributed by atoms with Crippen molar-refractivity contribution in [2.45, 2.75) is 39.3 Å². The summed E-state index contributed by atoms with van der Waals surface area (Å²) < 4.78 is 7.17. The summed E-state index contributed by atoms with van der Waals surface area (Å²) in [6.07, 6.45) is 4.00.